The zero-order valence-electron chi connectivity index (χ0n) is 11.1. The molecule has 1 aromatic carbocycles. The number of para-hydroxylation sites is 1. The van der Waals surface area contributed by atoms with E-state index in [0.717, 1.165) is 18.6 Å². The van der Waals surface area contributed by atoms with Crippen LogP contribution in [0.15, 0.2) is 48.8 Å². The molecular formula is C16H16N2O2. The number of nitrogens with one attached hydrogen (secondary N) is 1. The lowest BCUT2D eigenvalue weighted by molar-refractivity contribution is 0.0921. The Balaban J connectivity index is 1.65. The maximum Gasteiger partial charge on any atom is 0.253 e. The summed E-state index contributed by atoms with van der Waals surface area (Å²) >= 11 is 0. The van der Waals surface area contributed by atoms with E-state index < -0.39 is 0 Å². The van der Waals surface area contributed by atoms with E-state index >= 15 is 0 Å². The quantitative estimate of drug-likeness (QED) is 0.908. The lowest BCUT2D eigenvalue weighted by Crippen LogP contribution is -2.38. The summed E-state index contributed by atoms with van der Waals surface area (Å²) in [6.45, 7) is 0.503. The smallest absolute Gasteiger partial charge is 0.253 e. The summed E-state index contributed by atoms with van der Waals surface area (Å²) in [5.41, 5.74) is 1.78. The van der Waals surface area contributed by atoms with Crippen LogP contribution in [0.2, 0.25) is 0 Å². The SMILES string of the molecule is O=C(NC1CCc2ccccc2OC1)c1cccnc1. The van der Waals surface area contributed by atoms with Gasteiger partial charge in [0.1, 0.15) is 12.4 Å². The second kappa shape index (κ2) is 5.74. The maximum absolute atomic E-state index is 12.1. The van der Waals surface area contributed by atoms with Crippen molar-refractivity contribution in [3.63, 3.8) is 0 Å². The standard InChI is InChI=1S/C16H16N2O2/c19-16(13-5-3-9-17-10-13)18-14-8-7-12-4-1-2-6-15(12)20-11-14/h1-6,9-10,14H,7-8,11H2,(H,18,19). The minimum absolute atomic E-state index is 0.0232. The van der Waals surface area contributed by atoms with E-state index in [0.29, 0.717) is 12.2 Å². The van der Waals surface area contributed by atoms with E-state index in [2.05, 4.69) is 16.4 Å². The molecule has 4 heteroatoms. The molecule has 102 valence electrons. The van der Waals surface area contributed by atoms with Gasteiger partial charge < -0.3 is 10.1 Å². The summed E-state index contributed by atoms with van der Waals surface area (Å²) in [6.07, 6.45) is 5.01. The van der Waals surface area contributed by atoms with Crippen molar-refractivity contribution in [3.8, 4) is 5.75 Å². The fraction of sp³-hybridized carbons (Fsp3) is 0.250. The Kier molecular flexibility index (Phi) is 3.63. The number of rotatable bonds is 2. The van der Waals surface area contributed by atoms with E-state index in [1.54, 1.807) is 24.5 Å². The van der Waals surface area contributed by atoms with Crippen molar-refractivity contribution >= 4 is 5.91 Å². The van der Waals surface area contributed by atoms with Crippen molar-refractivity contribution in [2.24, 2.45) is 0 Å². The van der Waals surface area contributed by atoms with Gasteiger partial charge in [-0.1, -0.05) is 18.2 Å². The predicted octanol–water partition coefficient (Wildman–Crippen LogP) is 2.21. The van der Waals surface area contributed by atoms with E-state index in [4.69, 9.17) is 4.74 Å². The maximum atomic E-state index is 12.1. The molecule has 0 saturated heterocycles. The van der Waals surface area contributed by atoms with Crippen LogP contribution in [-0.4, -0.2) is 23.5 Å². The summed E-state index contributed by atoms with van der Waals surface area (Å²) in [7, 11) is 0. The molecule has 2 aromatic rings. The average Bonchev–Trinajstić information content (AvgIpc) is 2.71. The first-order valence-corrected chi connectivity index (χ1v) is 6.74. The van der Waals surface area contributed by atoms with Gasteiger partial charge in [-0.2, -0.15) is 0 Å². The highest BCUT2D eigenvalue weighted by Gasteiger charge is 2.19. The number of amides is 1. The van der Waals surface area contributed by atoms with Crippen LogP contribution in [0.25, 0.3) is 0 Å². The minimum atomic E-state index is -0.0994. The van der Waals surface area contributed by atoms with Crippen molar-refractivity contribution in [1.82, 2.24) is 10.3 Å². The summed E-state index contributed by atoms with van der Waals surface area (Å²) in [5, 5.41) is 3.01. The number of carbonyl (C=O) groups excluding carboxylic acids is 1. The van der Waals surface area contributed by atoms with Crippen molar-refractivity contribution in [2.45, 2.75) is 18.9 Å². The highest BCUT2D eigenvalue weighted by molar-refractivity contribution is 5.94. The van der Waals surface area contributed by atoms with Gasteiger partial charge >= 0.3 is 0 Å². The topological polar surface area (TPSA) is 51.2 Å². The Bertz CT molecular complexity index is 571. The number of carbonyl (C=O) groups is 1. The van der Waals surface area contributed by atoms with Crippen LogP contribution in [0.5, 0.6) is 5.75 Å². The number of nitrogens with zero attached hydrogens (tertiary/aromatic N) is 1. The lowest BCUT2D eigenvalue weighted by Gasteiger charge is -2.16. The van der Waals surface area contributed by atoms with Gasteiger partial charge in [-0.05, 0) is 36.6 Å². The molecule has 3 rings (SSSR count). The Morgan fingerprint density at radius 1 is 1.25 bits per heavy atom. The zero-order chi connectivity index (χ0) is 13.8. The molecule has 2 heterocycles. The lowest BCUT2D eigenvalue weighted by atomic mass is 10.1. The molecule has 1 aliphatic rings. The number of pyridine rings is 1. The Hall–Kier alpha value is -2.36. The van der Waals surface area contributed by atoms with E-state index in [-0.39, 0.29) is 11.9 Å². The third-order valence-corrected chi connectivity index (χ3v) is 3.43. The molecular weight excluding hydrogens is 252 g/mol. The largest absolute Gasteiger partial charge is 0.491 e. The normalized spacial score (nSPS) is 17.5. The number of ether oxygens (including phenoxy) is 1. The first kappa shape index (κ1) is 12.7. The first-order valence-electron chi connectivity index (χ1n) is 6.74. The number of aryl methyl sites for hydroxylation is 1. The molecule has 1 aromatic heterocycles. The molecule has 1 unspecified atom stereocenters. The number of hydrogen-bond acceptors (Lipinski definition) is 3. The second-order valence-electron chi connectivity index (χ2n) is 4.87. The Labute approximate surface area is 117 Å². The van der Waals surface area contributed by atoms with Crippen LogP contribution >= 0.6 is 0 Å². The van der Waals surface area contributed by atoms with Crippen LogP contribution in [-0.2, 0) is 6.42 Å². The molecule has 1 N–H and O–H groups in total. The molecule has 20 heavy (non-hydrogen) atoms. The van der Waals surface area contributed by atoms with Crippen molar-refractivity contribution in [1.29, 1.82) is 0 Å². The number of fused-ring (bicyclic) bond motifs is 1. The fourth-order valence-electron chi connectivity index (χ4n) is 2.33. The molecule has 1 aliphatic heterocycles. The molecule has 0 saturated carbocycles. The molecule has 1 atom stereocenters. The molecule has 0 aliphatic carbocycles. The molecule has 4 nitrogen and oxygen atoms in total. The number of benzene rings is 1. The van der Waals surface area contributed by atoms with Crippen LogP contribution in [0.4, 0.5) is 0 Å². The fourth-order valence-corrected chi connectivity index (χ4v) is 2.33. The third kappa shape index (κ3) is 2.79. The summed E-state index contributed by atoms with van der Waals surface area (Å²) in [6, 6.07) is 11.6. The van der Waals surface area contributed by atoms with E-state index in [1.165, 1.54) is 5.56 Å². The Morgan fingerprint density at radius 3 is 3.00 bits per heavy atom. The van der Waals surface area contributed by atoms with Gasteiger partial charge in [0.2, 0.25) is 0 Å². The van der Waals surface area contributed by atoms with Crippen LogP contribution in [0.3, 0.4) is 0 Å². The second-order valence-corrected chi connectivity index (χ2v) is 4.87. The Morgan fingerprint density at radius 2 is 2.15 bits per heavy atom. The van der Waals surface area contributed by atoms with Crippen molar-refractivity contribution in [3.05, 3.63) is 59.9 Å². The van der Waals surface area contributed by atoms with Crippen molar-refractivity contribution < 1.29 is 9.53 Å². The monoisotopic (exact) mass is 268 g/mol. The van der Waals surface area contributed by atoms with Crippen LogP contribution in [0.1, 0.15) is 22.3 Å². The van der Waals surface area contributed by atoms with E-state index in [9.17, 15) is 4.79 Å². The van der Waals surface area contributed by atoms with Gasteiger partial charge in [0.15, 0.2) is 0 Å². The van der Waals surface area contributed by atoms with Gasteiger partial charge in [0, 0.05) is 12.4 Å². The summed E-state index contributed by atoms with van der Waals surface area (Å²) in [4.78, 5) is 16.0. The highest BCUT2D eigenvalue weighted by atomic mass is 16.5. The van der Waals surface area contributed by atoms with Gasteiger partial charge in [-0.25, -0.2) is 0 Å². The first-order chi connectivity index (χ1) is 9.83. The molecule has 0 bridgehead atoms. The average molecular weight is 268 g/mol. The molecule has 0 spiro atoms. The van der Waals surface area contributed by atoms with E-state index in [1.807, 2.05) is 18.2 Å². The zero-order valence-corrected chi connectivity index (χ0v) is 11.1. The summed E-state index contributed by atoms with van der Waals surface area (Å²) in [5.74, 6) is 0.822. The summed E-state index contributed by atoms with van der Waals surface area (Å²) < 4.78 is 5.77. The van der Waals surface area contributed by atoms with Crippen LogP contribution < -0.4 is 10.1 Å². The highest BCUT2D eigenvalue weighted by Crippen LogP contribution is 2.23. The molecule has 0 fully saturated rings. The van der Waals surface area contributed by atoms with Gasteiger partial charge in [-0.3, -0.25) is 9.78 Å². The van der Waals surface area contributed by atoms with Gasteiger partial charge in [-0.15, -0.1) is 0 Å². The van der Waals surface area contributed by atoms with Crippen LogP contribution in [0, 0.1) is 0 Å². The number of hydrogen-bond donors (Lipinski definition) is 1. The minimum Gasteiger partial charge on any atom is -0.491 e. The van der Waals surface area contributed by atoms with Gasteiger partial charge in [0.25, 0.3) is 5.91 Å². The predicted molar refractivity (Wildman–Crippen MR) is 75.7 cm³/mol. The van der Waals surface area contributed by atoms with Crippen molar-refractivity contribution in [2.75, 3.05) is 6.61 Å². The third-order valence-electron chi connectivity index (χ3n) is 3.43. The van der Waals surface area contributed by atoms with Gasteiger partial charge in [0.05, 0.1) is 11.6 Å². The molecule has 0 radical (unpaired) electrons. The molecule has 1 amide bonds. The number of aromatic nitrogens is 1.